The van der Waals surface area contributed by atoms with Crippen LogP contribution in [0.15, 0.2) is 58.0 Å². The van der Waals surface area contributed by atoms with Gasteiger partial charge in [-0.05, 0) is 48.2 Å². The molecule has 0 N–H and O–H groups in total. The molecule has 0 amide bonds. The second kappa shape index (κ2) is 7.43. The topological polar surface area (TPSA) is 57.9 Å². The van der Waals surface area contributed by atoms with Crippen molar-refractivity contribution in [3.05, 3.63) is 64.5 Å². The van der Waals surface area contributed by atoms with Crippen LogP contribution in [0.2, 0.25) is 0 Å². The zero-order chi connectivity index (χ0) is 19.7. The van der Waals surface area contributed by atoms with Gasteiger partial charge in [0.25, 0.3) is 0 Å². The van der Waals surface area contributed by atoms with Crippen LogP contribution in [0.1, 0.15) is 19.4 Å². The van der Waals surface area contributed by atoms with Crippen LogP contribution in [0.3, 0.4) is 0 Å². The van der Waals surface area contributed by atoms with Crippen LogP contribution in [0.25, 0.3) is 22.1 Å². The van der Waals surface area contributed by atoms with Gasteiger partial charge in [-0.1, -0.05) is 19.6 Å². The molecule has 1 aliphatic heterocycles. The lowest BCUT2D eigenvalue weighted by molar-refractivity contribution is 0.171. The predicted molar refractivity (Wildman–Crippen MR) is 109 cm³/mol. The molecule has 0 fully saturated rings. The van der Waals surface area contributed by atoms with E-state index in [-0.39, 0.29) is 5.43 Å². The lowest BCUT2D eigenvalue weighted by Gasteiger charge is -2.18. The Morgan fingerprint density at radius 3 is 2.68 bits per heavy atom. The van der Waals surface area contributed by atoms with Gasteiger partial charge in [-0.3, -0.25) is 4.79 Å². The van der Waals surface area contributed by atoms with E-state index in [9.17, 15) is 4.79 Å². The first-order valence-corrected chi connectivity index (χ1v) is 9.32. The highest BCUT2D eigenvalue weighted by Crippen LogP contribution is 2.34. The second-order valence-electron chi connectivity index (χ2n) is 6.89. The summed E-state index contributed by atoms with van der Waals surface area (Å²) in [6.45, 7) is 9.25. The monoisotopic (exact) mass is 378 g/mol. The third-order valence-corrected chi connectivity index (χ3v) is 4.66. The van der Waals surface area contributed by atoms with E-state index >= 15 is 0 Å². The van der Waals surface area contributed by atoms with Gasteiger partial charge in [0.2, 0.25) is 5.43 Å². The highest BCUT2D eigenvalue weighted by molar-refractivity contribution is 5.84. The average molecular weight is 378 g/mol. The fraction of sp³-hybridized carbons (Fsp3) is 0.261. The van der Waals surface area contributed by atoms with Gasteiger partial charge in [0.05, 0.1) is 10.9 Å². The minimum atomic E-state index is -0.0842. The van der Waals surface area contributed by atoms with E-state index in [2.05, 4.69) is 6.58 Å². The number of hydrogen-bond donors (Lipinski definition) is 0. The molecule has 5 nitrogen and oxygen atoms in total. The van der Waals surface area contributed by atoms with Crippen molar-refractivity contribution in [2.24, 2.45) is 0 Å². The first-order valence-electron chi connectivity index (χ1n) is 9.32. The van der Waals surface area contributed by atoms with E-state index in [1.165, 1.54) is 6.26 Å². The minimum absolute atomic E-state index is 0.0842. The van der Waals surface area contributed by atoms with Gasteiger partial charge < -0.3 is 18.6 Å². The van der Waals surface area contributed by atoms with Gasteiger partial charge in [-0.15, -0.1) is 0 Å². The summed E-state index contributed by atoms with van der Waals surface area (Å²) >= 11 is 0. The van der Waals surface area contributed by atoms with Crippen LogP contribution in [-0.4, -0.2) is 19.8 Å². The number of rotatable bonds is 5. The zero-order valence-corrected chi connectivity index (χ0v) is 16.0. The van der Waals surface area contributed by atoms with Gasteiger partial charge in [-0.25, -0.2) is 0 Å². The lowest BCUT2D eigenvalue weighted by Crippen LogP contribution is -2.15. The normalized spacial score (nSPS) is 12.8. The molecule has 2 heterocycles. The Morgan fingerprint density at radius 2 is 1.93 bits per heavy atom. The standard InChI is InChI=1S/C23H22O5/c1-4-15-9-17-21(11-20(15)27-12-14(2)3)28-13-18(23(17)24)16-5-6-19-22(10-16)26-8-7-25-19/h5-6,9-11,13H,2,4,7-8,12H2,1,3H3. The number of benzene rings is 2. The number of aryl methyl sites for hydroxylation is 1. The van der Waals surface area contributed by atoms with Gasteiger partial charge in [0, 0.05) is 6.07 Å². The van der Waals surface area contributed by atoms with Crippen molar-refractivity contribution < 1.29 is 18.6 Å². The molecule has 2 aromatic carbocycles. The molecule has 4 rings (SSSR count). The summed E-state index contributed by atoms with van der Waals surface area (Å²) in [5.41, 5.74) is 3.53. The molecule has 0 saturated heterocycles. The fourth-order valence-electron chi connectivity index (χ4n) is 3.22. The molecule has 144 valence electrons. The highest BCUT2D eigenvalue weighted by atomic mass is 16.6. The maximum atomic E-state index is 13.2. The summed E-state index contributed by atoms with van der Waals surface area (Å²) in [6.07, 6.45) is 2.24. The molecule has 0 spiro atoms. The predicted octanol–water partition coefficient (Wildman–Crippen LogP) is 4.75. The molecule has 0 radical (unpaired) electrons. The second-order valence-corrected chi connectivity index (χ2v) is 6.89. The molecule has 3 aromatic rings. The van der Waals surface area contributed by atoms with Crippen molar-refractivity contribution in [2.75, 3.05) is 19.8 Å². The SMILES string of the molecule is C=C(C)COc1cc2occ(-c3ccc4c(c3)OCCO4)c(=O)c2cc1CC. The first-order chi connectivity index (χ1) is 13.6. The Labute approximate surface area is 163 Å². The summed E-state index contributed by atoms with van der Waals surface area (Å²) in [6, 6.07) is 9.12. The first kappa shape index (κ1) is 18.2. The van der Waals surface area contributed by atoms with Crippen LogP contribution >= 0.6 is 0 Å². The molecule has 0 atom stereocenters. The van der Waals surface area contributed by atoms with Gasteiger partial charge >= 0.3 is 0 Å². The Bertz CT molecular complexity index is 1110. The van der Waals surface area contributed by atoms with Gasteiger partial charge in [0.15, 0.2) is 11.5 Å². The molecule has 28 heavy (non-hydrogen) atoms. The largest absolute Gasteiger partial charge is 0.489 e. The molecular formula is C23H22O5. The van der Waals surface area contributed by atoms with E-state index in [1.807, 2.05) is 38.1 Å². The third-order valence-electron chi connectivity index (χ3n) is 4.66. The van der Waals surface area contributed by atoms with E-state index in [4.69, 9.17) is 18.6 Å². The summed E-state index contributed by atoms with van der Waals surface area (Å²) < 4.78 is 22.8. The Kier molecular flexibility index (Phi) is 4.82. The molecule has 0 saturated carbocycles. The van der Waals surface area contributed by atoms with Gasteiger partial charge in [-0.2, -0.15) is 0 Å². The quantitative estimate of drug-likeness (QED) is 0.600. The average Bonchev–Trinajstić information content (AvgIpc) is 2.71. The molecule has 5 heteroatoms. The maximum Gasteiger partial charge on any atom is 0.200 e. The molecule has 0 bridgehead atoms. The Balaban J connectivity index is 1.79. The molecule has 0 unspecified atom stereocenters. The third kappa shape index (κ3) is 3.36. The Hall–Kier alpha value is -3.21. The zero-order valence-electron chi connectivity index (χ0n) is 16.0. The number of hydrogen-bond acceptors (Lipinski definition) is 5. The van der Waals surface area contributed by atoms with Crippen molar-refractivity contribution in [2.45, 2.75) is 20.3 Å². The van der Waals surface area contributed by atoms with Gasteiger partial charge in [0.1, 0.15) is 37.4 Å². The van der Waals surface area contributed by atoms with Crippen molar-refractivity contribution in [3.8, 4) is 28.4 Å². The minimum Gasteiger partial charge on any atom is -0.489 e. The van der Waals surface area contributed by atoms with Crippen LogP contribution in [0.5, 0.6) is 17.2 Å². The van der Waals surface area contributed by atoms with Crippen LogP contribution in [0.4, 0.5) is 0 Å². The van der Waals surface area contributed by atoms with Crippen molar-refractivity contribution in [1.82, 2.24) is 0 Å². The maximum absolute atomic E-state index is 13.2. The van der Waals surface area contributed by atoms with E-state index < -0.39 is 0 Å². The van der Waals surface area contributed by atoms with E-state index in [0.717, 1.165) is 23.1 Å². The molecule has 0 aliphatic carbocycles. The van der Waals surface area contributed by atoms with E-state index in [0.29, 0.717) is 53.6 Å². The van der Waals surface area contributed by atoms with Crippen LogP contribution < -0.4 is 19.6 Å². The summed E-state index contributed by atoms with van der Waals surface area (Å²) in [5, 5.41) is 0.534. The summed E-state index contributed by atoms with van der Waals surface area (Å²) in [4.78, 5) is 13.2. The fourth-order valence-corrected chi connectivity index (χ4v) is 3.22. The Morgan fingerprint density at radius 1 is 1.14 bits per heavy atom. The van der Waals surface area contributed by atoms with E-state index in [1.54, 1.807) is 6.07 Å². The van der Waals surface area contributed by atoms with Crippen LogP contribution in [-0.2, 0) is 6.42 Å². The molecule has 1 aliphatic rings. The number of ether oxygens (including phenoxy) is 3. The van der Waals surface area contributed by atoms with Crippen molar-refractivity contribution in [1.29, 1.82) is 0 Å². The van der Waals surface area contributed by atoms with Crippen molar-refractivity contribution >= 4 is 11.0 Å². The smallest absolute Gasteiger partial charge is 0.200 e. The highest BCUT2D eigenvalue weighted by Gasteiger charge is 2.16. The van der Waals surface area contributed by atoms with Crippen LogP contribution in [0, 0.1) is 0 Å². The summed E-state index contributed by atoms with van der Waals surface area (Å²) in [7, 11) is 0. The lowest BCUT2D eigenvalue weighted by atomic mass is 10.0. The summed E-state index contributed by atoms with van der Waals surface area (Å²) in [5.74, 6) is 2.04. The van der Waals surface area contributed by atoms with Crippen molar-refractivity contribution in [3.63, 3.8) is 0 Å². The molecule has 1 aromatic heterocycles. The number of fused-ring (bicyclic) bond motifs is 2. The molecular weight excluding hydrogens is 356 g/mol.